The molecule has 0 aromatic heterocycles. The molecule has 0 radical (unpaired) electrons. The van der Waals surface area contributed by atoms with Crippen molar-refractivity contribution in [2.75, 3.05) is 52.5 Å². The number of piperazine rings is 1. The van der Waals surface area contributed by atoms with Gasteiger partial charge in [0.2, 0.25) is 0 Å². The summed E-state index contributed by atoms with van der Waals surface area (Å²) < 4.78 is 5.24. The lowest BCUT2D eigenvalue weighted by Gasteiger charge is -2.45. The van der Waals surface area contributed by atoms with Gasteiger partial charge in [-0.3, -0.25) is 9.69 Å². The number of aliphatic hydroxyl groups excluding tert-OH is 1. The molecule has 3 rings (SSSR count). The number of amides is 1. The molecule has 2 heterocycles. The van der Waals surface area contributed by atoms with Gasteiger partial charge in [-0.1, -0.05) is 18.2 Å². The number of carbonyl (C=O) groups excluding carboxylic acids is 1. The lowest BCUT2D eigenvalue weighted by molar-refractivity contribution is -0.150. The second kappa shape index (κ2) is 6.13. The third kappa shape index (κ3) is 3.10. The molecule has 0 unspecified atom stereocenters. The zero-order chi connectivity index (χ0) is 14.7. The van der Waals surface area contributed by atoms with Crippen molar-refractivity contribution < 1.29 is 14.6 Å². The summed E-state index contributed by atoms with van der Waals surface area (Å²) >= 11 is 0. The van der Waals surface area contributed by atoms with Crippen molar-refractivity contribution >= 4 is 5.91 Å². The van der Waals surface area contributed by atoms with Crippen LogP contribution >= 0.6 is 0 Å². The van der Waals surface area contributed by atoms with Gasteiger partial charge < -0.3 is 14.7 Å². The molecule has 1 aromatic carbocycles. The molecule has 21 heavy (non-hydrogen) atoms. The molecule has 0 bridgehead atoms. The van der Waals surface area contributed by atoms with Crippen molar-refractivity contribution in [3.63, 3.8) is 0 Å². The minimum Gasteiger partial charge on any atom is -0.396 e. The molecule has 1 aromatic rings. The highest BCUT2D eigenvalue weighted by molar-refractivity contribution is 5.94. The minimum absolute atomic E-state index is 0.0778. The quantitative estimate of drug-likeness (QED) is 0.875. The summed E-state index contributed by atoms with van der Waals surface area (Å²) in [5.41, 5.74) is 0.677. The molecule has 5 nitrogen and oxygen atoms in total. The van der Waals surface area contributed by atoms with E-state index >= 15 is 0 Å². The zero-order valence-corrected chi connectivity index (χ0v) is 12.2. The molecule has 0 spiro atoms. The Hall–Kier alpha value is -1.43. The van der Waals surface area contributed by atoms with E-state index in [1.807, 2.05) is 35.2 Å². The van der Waals surface area contributed by atoms with Crippen LogP contribution in [0, 0.1) is 5.41 Å². The Kier molecular flexibility index (Phi) is 4.24. The standard InChI is InChI=1S/C16H22N2O3/c19-11-16(12-21-13-16)10-17-6-8-18(9-7-17)15(20)14-4-2-1-3-5-14/h1-5,19H,6-13H2. The van der Waals surface area contributed by atoms with Crippen molar-refractivity contribution in [1.82, 2.24) is 9.80 Å². The maximum atomic E-state index is 12.4. The highest BCUT2D eigenvalue weighted by Crippen LogP contribution is 2.28. The van der Waals surface area contributed by atoms with E-state index in [9.17, 15) is 9.90 Å². The van der Waals surface area contributed by atoms with Crippen LogP contribution in [0.2, 0.25) is 0 Å². The Morgan fingerprint density at radius 1 is 1.14 bits per heavy atom. The van der Waals surface area contributed by atoms with Crippen molar-refractivity contribution in [3.05, 3.63) is 35.9 Å². The number of carbonyl (C=O) groups is 1. The second-order valence-electron chi connectivity index (χ2n) is 6.09. The first-order valence-corrected chi connectivity index (χ1v) is 7.48. The fourth-order valence-corrected chi connectivity index (χ4v) is 2.97. The van der Waals surface area contributed by atoms with E-state index in [1.165, 1.54) is 0 Å². The van der Waals surface area contributed by atoms with Crippen LogP contribution in [0.3, 0.4) is 0 Å². The monoisotopic (exact) mass is 290 g/mol. The van der Waals surface area contributed by atoms with Crippen molar-refractivity contribution in [1.29, 1.82) is 0 Å². The summed E-state index contributed by atoms with van der Waals surface area (Å²) in [6.45, 7) is 5.54. The fraction of sp³-hybridized carbons (Fsp3) is 0.562. The van der Waals surface area contributed by atoms with Gasteiger partial charge in [0.05, 0.1) is 25.2 Å². The van der Waals surface area contributed by atoms with Gasteiger partial charge in [0.15, 0.2) is 0 Å². The lowest BCUT2D eigenvalue weighted by atomic mass is 9.86. The van der Waals surface area contributed by atoms with E-state index in [-0.39, 0.29) is 17.9 Å². The number of aliphatic hydroxyl groups is 1. The Labute approximate surface area is 125 Å². The predicted octanol–water partition coefficient (Wildman–Crippen LogP) is 0.453. The molecular weight excluding hydrogens is 268 g/mol. The molecule has 2 saturated heterocycles. The van der Waals surface area contributed by atoms with E-state index in [1.54, 1.807) is 0 Å². The second-order valence-corrected chi connectivity index (χ2v) is 6.09. The zero-order valence-electron chi connectivity index (χ0n) is 12.2. The summed E-state index contributed by atoms with van der Waals surface area (Å²) in [6, 6.07) is 9.43. The number of ether oxygens (including phenoxy) is 1. The topological polar surface area (TPSA) is 53.0 Å². The van der Waals surface area contributed by atoms with Crippen LogP contribution < -0.4 is 0 Å². The van der Waals surface area contributed by atoms with Gasteiger partial charge in [0, 0.05) is 38.3 Å². The van der Waals surface area contributed by atoms with Gasteiger partial charge in [0.1, 0.15) is 0 Å². The third-order valence-corrected chi connectivity index (χ3v) is 4.39. The molecule has 114 valence electrons. The molecular formula is C16H22N2O3. The molecule has 0 atom stereocenters. The largest absolute Gasteiger partial charge is 0.396 e. The van der Waals surface area contributed by atoms with E-state index in [4.69, 9.17) is 4.74 Å². The summed E-state index contributed by atoms with van der Waals surface area (Å²) in [5, 5.41) is 9.48. The smallest absolute Gasteiger partial charge is 0.253 e. The summed E-state index contributed by atoms with van der Waals surface area (Å²) in [4.78, 5) is 16.6. The maximum absolute atomic E-state index is 12.4. The van der Waals surface area contributed by atoms with Crippen LogP contribution in [-0.4, -0.2) is 73.4 Å². The van der Waals surface area contributed by atoms with Gasteiger partial charge in [0.25, 0.3) is 5.91 Å². The SMILES string of the molecule is O=C(c1ccccc1)N1CCN(CC2(CO)COC2)CC1. The van der Waals surface area contributed by atoms with Crippen molar-refractivity contribution in [2.24, 2.45) is 5.41 Å². The molecule has 2 aliphatic rings. The molecule has 2 aliphatic heterocycles. The maximum Gasteiger partial charge on any atom is 0.253 e. The number of rotatable bonds is 4. The summed E-state index contributed by atoms with van der Waals surface area (Å²) in [6.07, 6.45) is 0. The average Bonchev–Trinajstić information content (AvgIpc) is 2.52. The molecule has 0 saturated carbocycles. The van der Waals surface area contributed by atoms with Gasteiger partial charge in [-0.2, -0.15) is 0 Å². The average molecular weight is 290 g/mol. The first-order valence-electron chi connectivity index (χ1n) is 7.48. The molecule has 1 amide bonds. The molecule has 1 N–H and O–H groups in total. The van der Waals surface area contributed by atoms with E-state index < -0.39 is 0 Å². The van der Waals surface area contributed by atoms with Crippen molar-refractivity contribution in [2.45, 2.75) is 0 Å². The van der Waals surface area contributed by atoms with E-state index in [2.05, 4.69) is 4.90 Å². The van der Waals surface area contributed by atoms with E-state index in [0.717, 1.165) is 38.3 Å². The Balaban J connectivity index is 1.52. The normalized spacial score (nSPS) is 21.9. The van der Waals surface area contributed by atoms with Gasteiger partial charge in [-0.15, -0.1) is 0 Å². The number of benzene rings is 1. The summed E-state index contributed by atoms with van der Waals surface area (Å²) in [5.74, 6) is 0.110. The highest BCUT2D eigenvalue weighted by Gasteiger charge is 2.40. The first-order chi connectivity index (χ1) is 10.2. The summed E-state index contributed by atoms with van der Waals surface area (Å²) in [7, 11) is 0. The lowest BCUT2D eigenvalue weighted by Crippen LogP contribution is -2.57. The Morgan fingerprint density at radius 3 is 2.33 bits per heavy atom. The predicted molar refractivity (Wildman–Crippen MR) is 79.1 cm³/mol. The van der Waals surface area contributed by atoms with Gasteiger partial charge in [-0.25, -0.2) is 0 Å². The number of hydrogen-bond acceptors (Lipinski definition) is 4. The van der Waals surface area contributed by atoms with Gasteiger partial charge >= 0.3 is 0 Å². The molecule has 2 fully saturated rings. The van der Waals surface area contributed by atoms with Crippen LogP contribution in [0.15, 0.2) is 30.3 Å². The number of nitrogens with zero attached hydrogens (tertiary/aromatic N) is 2. The van der Waals surface area contributed by atoms with Crippen molar-refractivity contribution in [3.8, 4) is 0 Å². The molecule has 0 aliphatic carbocycles. The van der Waals surface area contributed by atoms with Gasteiger partial charge in [-0.05, 0) is 12.1 Å². The Morgan fingerprint density at radius 2 is 1.81 bits per heavy atom. The third-order valence-electron chi connectivity index (χ3n) is 4.39. The van der Waals surface area contributed by atoms with Crippen LogP contribution in [-0.2, 0) is 4.74 Å². The first kappa shape index (κ1) is 14.5. The fourth-order valence-electron chi connectivity index (χ4n) is 2.97. The van der Waals surface area contributed by atoms with Crippen LogP contribution in [0.25, 0.3) is 0 Å². The van der Waals surface area contributed by atoms with E-state index in [0.29, 0.717) is 13.2 Å². The minimum atomic E-state index is -0.0778. The van der Waals surface area contributed by atoms with Crippen LogP contribution in [0.5, 0.6) is 0 Å². The molecule has 5 heteroatoms. The van der Waals surface area contributed by atoms with Crippen LogP contribution in [0.1, 0.15) is 10.4 Å². The number of hydrogen-bond donors (Lipinski definition) is 1. The highest BCUT2D eigenvalue weighted by atomic mass is 16.5. The van der Waals surface area contributed by atoms with Crippen LogP contribution in [0.4, 0.5) is 0 Å². The Bertz CT molecular complexity index is 474.